The van der Waals surface area contributed by atoms with Gasteiger partial charge in [-0.05, 0) is 270 Å². The lowest BCUT2D eigenvalue weighted by Crippen LogP contribution is -2.04. The zero-order valence-corrected chi connectivity index (χ0v) is 71.5. The molecule has 16 nitrogen and oxygen atoms in total. The Balaban J connectivity index is 0.000000148. The van der Waals surface area contributed by atoms with Crippen molar-refractivity contribution in [1.29, 1.82) is 0 Å². The molecule has 0 N–H and O–H groups in total. The molecule has 0 aliphatic carbocycles. The summed E-state index contributed by atoms with van der Waals surface area (Å²) in [5, 5.41) is 0. The largest absolute Gasteiger partial charge is 0.497 e. The molecule has 16 aromatic rings. The first-order chi connectivity index (χ1) is 62.1. The Labute approximate surface area is 742 Å². The van der Waals surface area contributed by atoms with Crippen molar-refractivity contribution in [3.8, 4) is 69.0 Å². The number of rotatable bonds is 28. The van der Waals surface area contributed by atoms with Crippen molar-refractivity contribution in [2.24, 2.45) is 0 Å². The number of aryl methyl sites for hydroxylation is 4. The van der Waals surface area contributed by atoms with Gasteiger partial charge >= 0.3 is 0 Å². The normalized spacial score (nSPS) is 10.4. The highest BCUT2D eigenvalue weighted by molar-refractivity contribution is 6.14. The van der Waals surface area contributed by atoms with Crippen LogP contribution in [0.15, 0.2) is 388 Å². The lowest BCUT2D eigenvalue weighted by molar-refractivity contribution is 0.102. The number of methoxy groups -OCH3 is 4. The maximum absolute atomic E-state index is 13.0. The van der Waals surface area contributed by atoms with Crippen molar-refractivity contribution in [2.75, 3.05) is 28.4 Å². The monoisotopic (exact) mass is 1690 g/mol. The third kappa shape index (κ3) is 24.0. The van der Waals surface area contributed by atoms with E-state index in [4.69, 9.17) is 37.9 Å². The molecular weight excluding hydrogens is 1600 g/mol. The maximum atomic E-state index is 13.0. The topological polar surface area (TPSA) is 210 Å². The fourth-order valence-electron chi connectivity index (χ4n) is 13.1. The highest BCUT2D eigenvalue weighted by Gasteiger charge is 2.19. The Kier molecular flexibility index (Phi) is 29.8. The molecular formula is C112H88O16. The second-order valence-electron chi connectivity index (χ2n) is 29.6. The van der Waals surface area contributed by atoms with Crippen LogP contribution in [0, 0.1) is 27.7 Å². The summed E-state index contributed by atoms with van der Waals surface area (Å²) in [6.07, 6.45) is 0. The van der Waals surface area contributed by atoms with E-state index in [1.807, 2.05) is 161 Å². The van der Waals surface area contributed by atoms with Crippen LogP contribution in [-0.2, 0) is 0 Å². The molecule has 0 unspecified atom stereocenters. The Morgan fingerprint density at radius 2 is 0.203 bits per heavy atom. The van der Waals surface area contributed by atoms with Crippen molar-refractivity contribution >= 4 is 46.3 Å². The lowest BCUT2D eigenvalue weighted by Gasteiger charge is -2.08. The number of ketones is 8. The summed E-state index contributed by atoms with van der Waals surface area (Å²) in [5.74, 6) is 7.38. The van der Waals surface area contributed by atoms with Gasteiger partial charge < -0.3 is 37.9 Å². The average Bonchev–Trinajstić information content (AvgIpc) is 0.829. The first-order valence-corrected chi connectivity index (χ1v) is 40.9. The van der Waals surface area contributed by atoms with E-state index in [9.17, 15) is 38.4 Å². The number of hydrogen-bond acceptors (Lipinski definition) is 16. The van der Waals surface area contributed by atoms with E-state index in [0.717, 1.165) is 33.8 Å². The standard InChI is InChI=1S/C35H26O5.2C28H22O4.C21H18O3/c1-23-3-5-24(6-4-23)33(36)25-7-9-26(10-8-25)34(37)28-13-19-31(20-14-28)40-32-21-15-29(16-22-32)35(38)27-11-17-30(39-2)18-12-27;1-19-3-5-20(6-4-19)27(29)22-9-15-25(16-10-22)32-26-17-11-23(12-18-26)28(30)21-7-13-24(31-2)14-8-21;1-19-3-5-20(6-4-19)27(29)21-7-9-22(10-8-21)28(30)23-11-13-25(14-12-23)32-26-17-15-24(31-2)16-18-26;1-15-3-5-16(6-4-15)21(22)17-7-9-19(10-8-17)24-20-13-11-18(23-2)12-14-20/h3-22H,1-2H3;2*3-18H,1-2H3;3-14H,1-2H3. The van der Waals surface area contributed by atoms with Crippen LogP contribution in [0.5, 0.6) is 69.0 Å². The Bertz CT molecular complexity index is 6500. The summed E-state index contributed by atoms with van der Waals surface area (Å²) in [4.78, 5) is 102. The van der Waals surface area contributed by atoms with Gasteiger partial charge in [-0.1, -0.05) is 168 Å². The third-order valence-corrected chi connectivity index (χ3v) is 20.5. The van der Waals surface area contributed by atoms with E-state index < -0.39 is 0 Å². The average molecular weight is 1690 g/mol. The van der Waals surface area contributed by atoms with Gasteiger partial charge in [0.05, 0.1) is 28.4 Å². The fraction of sp³-hybridized carbons (Fsp3) is 0.0714. The van der Waals surface area contributed by atoms with Crippen LogP contribution >= 0.6 is 0 Å². The van der Waals surface area contributed by atoms with Crippen molar-refractivity contribution in [2.45, 2.75) is 27.7 Å². The quantitative estimate of drug-likeness (QED) is 0.0417. The van der Waals surface area contributed by atoms with Gasteiger partial charge in [0.25, 0.3) is 0 Å². The lowest BCUT2D eigenvalue weighted by atomic mass is 9.98. The first kappa shape index (κ1) is 89.0. The van der Waals surface area contributed by atoms with E-state index in [-0.39, 0.29) is 46.3 Å². The molecule has 0 saturated carbocycles. The van der Waals surface area contributed by atoms with Crippen LogP contribution in [0.3, 0.4) is 0 Å². The summed E-state index contributed by atoms with van der Waals surface area (Å²) >= 11 is 0. The number of carbonyl (C=O) groups excluding carboxylic acids is 8. The van der Waals surface area contributed by atoms with Gasteiger partial charge in [-0.25, -0.2) is 0 Å². The predicted molar refractivity (Wildman–Crippen MR) is 496 cm³/mol. The van der Waals surface area contributed by atoms with E-state index in [2.05, 4.69) is 0 Å². The molecule has 0 spiro atoms. The third-order valence-electron chi connectivity index (χ3n) is 20.5. The summed E-state index contributed by atoms with van der Waals surface area (Å²) in [5.41, 5.74) is 13.7. The van der Waals surface area contributed by atoms with Crippen molar-refractivity contribution in [1.82, 2.24) is 0 Å². The molecule has 0 aliphatic heterocycles. The van der Waals surface area contributed by atoms with E-state index in [1.54, 1.807) is 283 Å². The number of benzene rings is 16. The highest BCUT2D eigenvalue weighted by Crippen LogP contribution is 2.31. The van der Waals surface area contributed by atoms with Gasteiger partial charge in [0, 0.05) is 89.0 Å². The molecule has 632 valence electrons. The molecule has 128 heavy (non-hydrogen) atoms. The molecule has 16 heteroatoms. The van der Waals surface area contributed by atoms with Gasteiger partial charge in [-0.3, -0.25) is 38.4 Å². The fourth-order valence-corrected chi connectivity index (χ4v) is 13.1. The number of hydrogen-bond donors (Lipinski definition) is 0. The van der Waals surface area contributed by atoms with Crippen molar-refractivity contribution in [3.63, 3.8) is 0 Å². The van der Waals surface area contributed by atoms with E-state index in [1.165, 1.54) is 0 Å². The molecule has 16 aromatic carbocycles. The Morgan fingerprint density at radius 1 is 0.125 bits per heavy atom. The van der Waals surface area contributed by atoms with Gasteiger partial charge in [0.1, 0.15) is 69.0 Å². The molecule has 16 rings (SSSR count). The van der Waals surface area contributed by atoms with Gasteiger partial charge in [-0.2, -0.15) is 0 Å². The summed E-state index contributed by atoms with van der Waals surface area (Å²) in [6.45, 7) is 7.94. The molecule has 0 atom stereocenters. The molecule has 0 aromatic heterocycles. The van der Waals surface area contributed by atoms with Crippen molar-refractivity contribution < 1.29 is 76.3 Å². The van der Waals surface area contributed by atoms with Crippen LogP contribution in [-0.4, -0.2) is 74.7 Å². The molecule has 0 radical (unpaired) electrons. The van der Waals surface area contributed by atoms with Gasteiger partial charge in [0.15, 0.2) is 46.3 Å². The molecule has 0 saturated heterocycles. The molecule has 0 fully saturated rings. The summed E-state index contributed by atoms with van der Waals surface area (Å²) in [6, 6.07) is 114. The number of carbonyl (C=O) groups is 8. The van der Waals surface area contributed by atoms with Crippen molar-refractivity contribution in [3.05, 3.63) is 500 Å². The molecule has 0 aliphatic rings. The van der Waals surface area contributed by atoms with Crippen LogP contribution in [0.1, 0.15) is 150 Å². The van der Waals surface area contributed by atoms with E-state index in [0.29, 0.717) is 147 Å². The summed E-state index contributed by atoms with van der Waals surface area (Å²) < 4.78 is 43.9. The zero-order valence-electron chi connectivity index (χ0n) is 71.5. The second kappa shape index (κ2) is 42.9. The smallest absolute Gasteiger partial charge is 0.193 e. The second-order valence-corrected chi connectivity index (χ2v) is 29.6. The first-order valence-electron chi connectivity index (χ1n) is 40.9. The SMILES string of the molecule is COc1ccc(C(=O)c2ccc(Oc3ccc(C(=O)c4ccc(C(=O)c5ccc(C)cc5)cc4)cc3)cc2)cc1.COc1ccc(C(=O)c2ccc(Oc3ccc(C(=O)c4ccc(C)cc4)cc3)cc2)cc1.COc1ccc(Oc2ccc(C(=O)c3ccc(C(=O)c4ccc(C)cc4)cc3)cc2)cc1.COc1ccc(Oc2ccc(C(=O)c3ccc(C)cc3)cc2)cc1. The van der Waals surface area contributed by atoms with Gasteiger partial charge in [-0.15, -0.1) is 0 Å². The minimum absolute atomic E-state index is 0.00555. The van der Waals surface area contributed by atoms with Crippen LogP contribution in [0.25, 0.3) is 0 Å². The molecule has 0 heterocycles. The minimum atomic E-state index is -0.151. The van der Waals surface area contributed by atoms with Crippen LogP contribution in [0.2, 0.25) is 0 Å². The zero-order chi connectivity index (χ0) is 90.0. The predicted octanol–water partition coefficient (Wildman–Crippen LogP) is 25.0. The highest BCUT2D eigenvalue weighted by atomic mass is 16.5. The Hall–Kier alpha value is -16.7. The van der Waals surface area contributed by atoms with Crippen LogP contribution in [0.4, 0.5) is 0 Å². The number of ether oxygens (including phenoxy) is 8. The van der Waals surface area contributed by atoms with Gasteiger partial charge in [0.2, 0.25) is 0 Å². The minimum Gasteiger partial charge on any atom is -0.497 e. The molecule has 0 bridgehead atoms. The maximum Gasteiger partial charge on any atom is 0.193 e. The van der Waals surface area contributed by atoms with E-state index >= 15 is 0 Å². The van der Waals surface area contributed by atoms with Crippen LogP contribution < -0.4 is 37.9 Å². The Morgan fingerprint density at radius 3 is 0.312 bits per heavy atom. The summed E-state index contributed by atoms with van der Waals surface area (Å²) in [7, 11) is 6.41. The molecule has 0 amide bonds.